The number of ether oxygens (including phenoxy) is 1. The Labute approximate surface area is 192 Å². The number of amides is 1. The van der Waals surface area contributed by atoms with Crippen molar-refractivity contribution >= 4 is 32.9 Å². The van der Waals surface area contributed by atoms with E-state index < -0.39 is 0 Å². The Bertz CT molecular complexity index is 1250. The molecule has 1 amide bonds. The number of fused-ring (bicyclic) bond motifs is 1. The van der Waals surface area contributed by atoms with E-state index in [4.69, 9.17) is 9.26 Å². The third-order valence-corrected chi connectivity index (χ3v) is 6.21. The normalized spacial score (nSPS) is 14.2. The summed E-state index contributed by atoms with van der Waals surface area (Å²) in [7, 11) is 0. The van der Waals surface area contributed by atoms with E-state index in [1.807, 2.05) is 47.4 Å². The molecule has 0 N–H and O–H groups in total. The van der Waals surface area contributed by atoms with Gasteiger partial charge in [0.25, 0.3) is 0 Å². The lowest BCUT2D eigenvalue weighted by molar-refractivity contribution is -0.135. The van der Waals surface area contributed by atoms with Crippen LogP contribution in [0.4, 0.5) is 0 Å². The van der Waals surface area contributed by atoms with E-state index in [0.717, 1.165) is 26.6 Å². The fraction of sp³-hybridized carbons (Fsp3) is 0.318. The van der Waals surface area contributed by atoms with E-state index in [2.05, 4.69) is 36.4 Å². The number of aromatic nitrogens is 5. The highest BCUT2D eigenvalue weighted by molar-refractivity contribution is 9.10. The van der Waals surface area contributed by atoms with Gasteiger partial charge in [0.2, 0.25) is 17.6 Å². The SMILES string of the molecule is O=C(CCn1nnc2cc(-c3noc(Cc4ccccc4Br)n3)ccc21)N1CCOCC1. The zero-order chi connectivity index (χ0) is 21.9. The van der Waals surface area contributed by atoms with Crippen molar-refractivity contribution in [3.8, 4) is 11.4 Å². The number of hydrogen-bond donors (Lipinski definition) is 0. The van der Waals surface area contributed by atoms with E-state index in [0.29, 0.717) is 57.4 Å². The number of halogens is 1. The Hall–Kier alpha value is -3.11. The first-order valence-corrected chi connectivity index (χ1v) is 11.2. The zero-order valence-corrected chi connectivity index (χ0v) is 18.9. The van der Waals surface area contributed by atoms with Crippen LogP contribution < -0.4 is 0 Å². The van der Waals surface area contributed by atoms with Crippen LogP contribution in [-0.4, -0.2) is 62.2 Å². The first-order valence-electron chi connectivity index (χ1n) is 10.4. The molecule has 1 aliphatic heterocycles. The molecular weight excluding hydrogens is 476 g/mol. The first-order chi connectivity index (χ1) is 15.7. The molecule has 0 spiro atoms. The van der Waals surface area contributed by atoms with Gasteiger partial charge in [-0.15, -0.1) is 5.10 Å². The van der Waals surface area contributed by atoms with E-state index >= 15 is 0 Å². The zero-order valence-electron chi connectivity index (χ0n) is 17.3. The van der Waals surface area contributed by atoms with Gasteiger partial charge in [0.1, 0.15) is 5.52 Å². The molecule has 1 aliphatic rings. The molecule has 0 atom stereocenters. The van der Waals surface area contributed by atoms with Crippen molar-refractivity contribution in [2.24, 2.45) is 0 Å². The molecule has 3 heterocycles. The van der Waals surface area contributed by atoms with Gasteiger partial charge in [-0.3, -0.25) is 4.79 Å². The summed E-state index contributed by atoms with van der Waals surface area (Å²) >= 11 is 3.54. The van der Waals surface area contributed by atoms with Crippen LogP contribution in [0, 0.1) is 0 Å². The summed E-state index contributed by atoms with van der Waals surface area (Å²) in [5.74, 6) is 1.15. The average molecular weight is 497 g/mol. The maximum Gasteiger partial charge on any atom is 0.231 e. The summed E-state index contributed by atoms with van der Waals surface area (Å²) in [5.41, 5.74) is 3.46. The lowest BCUT2D eigenvalue weighted by Gasteiger charge is -2.26. The summed E-state index contributed by atoms with van der Waals surface area (Å²) in [5, 5.41) is 12.6. The molecule has 0 unspecified atom stereocenters. The maximum absolute atomic E-state index is 12.4. The van der Waals surface area contributed by atoms with Gasteiger partial charge in [0, 0.05) is 29.5 Å². The molecule has 0 saturated carbocycles. The monoisotopic (exact) mass is 496 g/mol. The summed E-state index contributed by atoms with van der Waals surface area (Å²) in [6.45, 7) is 2.97. The number of aryl methyl sites for hydroxylation is 1. The van der Waals surface area contributed by atoms with Gasteiger partial charge in [0.05, 0.1) is 31.7 Å². The molecule has 10 heteroatoms. The number of carbonyl (C=O) groups is 1. The minimum absolute atomic E-state index is 0.109. The highest BCUT2D eigenvalue weighted by atomic mass is 79.9. The Morgan fingerprint density at radius 2 is 1.97 bits per heavy atom. The second-order valence-corrected chi connectivity index (χ2v) is 8.39. The molecule has 0 bridgehead atoms. The van der Waals surface area contributed by atoms with Crippen molar-refractivity contribution in [1.82, 2.24) is 30.0 Å². The van der Waals surface area contributed by atoms with Crippen molar-refractivity contribution in [3.05, 3.63) is 58.4 Å². The quantitative estimate of drug-likeness (QED) is 0.404. The summed E-state index contributed by atoms with van der Waals surface area (Å²) in [6, 6.07) is 13.7. The topological polar surface area (TPSA) is 99.2 Å². The molecular formula is C22H21BrN6O3. The number of carbonyl (C=O) groups excluding carboxylic acids is 1. The van der Waals surface area contributed by atoms with Gasteiger partial charge in [-0.25, -0.2) is 4.68 Å². The van der Waals surface area contributed by atoms with Crippen molar-refractivity contribution < 1.29 is 14.1 Å². The van der Waals surface area contributed by atoms with Crippen LogP contribution in [0.1, 0.15) is 17.9 Å². The number of rotatable bonds is 6. The lowest BCUT2D eigenvalue weighted by atomic mass is 10.1. The second-order valence-electron chi connectivity index (χ2n) is 7.54. The number of morpholine rings is 1. The molecule has 2 aromatic heterocycles. The molecule has 2 aromatic carbocycles. The van der Waals surface area contributed by atoms with E-state index in [9.17, 15) is 4.79 Å². The largest absolute Gasteiger partial charge is 0.378 e. The van der Waals surface area contributed by atoms with Gasteiger partial charge in [-0.2, -0.15) is 4.98 Å². The fourth-order valence-electron chi connectivity index (χ4n) is 3.70. The minimum Gasteiger partial charge on any atom is -0.378 e. The predicted molar refractivity (Wildman–Crippen MR) is 120 cm³/mol. The van der Waals surface area contributed by atoms with Gasteiger partial charge < -0.3 is 14.2 Å². The van der Waals surface area contributed by atoms with Gasteiger partial charge in [0.15, 0.2) is 0 Å². The Kier molecular flexibility index (Phi) is 5.95. The van der Waals surface area contributed by atoms with Crippen molar-refractivity contribution in [2.45, 2.75) is 19.4 Å². The van der Waals surface area contributed by atoms with Crippen LogP contribution in [-0.2, 0) is 22.5 Å². The van der Waals surface area contributed by atoms with E-state index in [1.54, 1.807) is 4.68 Å². The summed E-state index contributed by atoms with van der Waals surface area (Å²) in [6.07, 6.45) is 0.924. The van der Waals surface area contributed by atoms with Gasteiger partial charge >= 0.3 is 0 Å². The summed E-state index contributed by atoms with van der Waals surface area (Å²) in [4.78, 5) is 18.8. The second kappa shape index (κ2) is 9.17. The molecule has 9 nitrogen and oxygen atoms in total. The number of nitrogens with zero attached hydrogens (tertiary/aromatic N) is 6. The minimum atomic E-state index is 0.109. The molecule has 32 heavy (non-hydrogen) atoms. The standard InChI is InChI=1S/C22H21BrN6O3/c23-17-4-2-1-3-15(17)14-20-24-22(26-32-20)16-5-6-19-18(13-16)25-27-29(19)8-7-21(30)28-9-11-31-12-10-28/h1-6,13H,7-12,14H2. The fourth-order valence-corrected chi connectivity index (χ4v) is 4.12. The van der Waals surface area contributed by atoms with Crippen LogP contribution in [0.2, 0.25) is 0 Å². The van der Waals surface area contributed by atoms with Crippen molar-refractivity contribution in [2.75, 3.05) is 26.3 Å². The van der Waals surface area contributed by atoms with Crippen molar-refractivity contribution in [1.29, 1.82) is 0 Å². The number of hydrogen-bond acceptors (Lipinski definition) is 7. The molecule has 5 rings (SSSR count). The Morgan fingerprint density at radius 3 is 2.81 bits per heavy atom. The Balaban J connectivity index is 1.28. The molecule has 1 saturated heterocycles. The molecule has 1 fully saturated rings. The molecule has 0 radical (unpaired) electrons. The third kappa shape index (κ3) is 4.42. The van der Waals surface area contributed by atoms with Gasteiger partial charge in [-0.1, -0.05) is 44.5 Å². The molecule has 0 aliphatic carbocycles. The number of benzene rings is 2. The maximum atomic E-state index is 12.4. The van der Waals surface area contributed by atoms with Crippen LogP contribution in [0.15, 0.2) is 51.5 Å². The highest BCUT2D eigenvalue weighted by Gasteiger charge is 2.18. The smallest absolute Gasteiger partial charge is 0.231 e. The van der Waals surface area contributed by atoms with E-state index in [1.165, 1.54) is 0 Å². The molecule has 164 valence electrons. The van der Waals surface area contributed by atoms with Crippen molar-refractivity contribution in [3.63, 3.8) is 0 Å². The highest BCUT2D eigenvalue weighted by Crippen LogP contribution is 2.23. The first kappa shape index (κ1) is 20.8. The van der Waals surface area contributed by atoms with Crippen LogP contribution >= 0.6 is 15.9 Å². The van der Waals surface area contributed by atoms with Gasteiger partial charge in [-0.05, 0) is 29.8 Å². The molecule has 4 aromatic rings. The van der Waals surface area contributed by atoms with Crippen LogP contribution in [0.5, 0.6) is 0 Å². The summed E-state index contributed by atoms with van der Waals surface area (Å²) < 4.78 is 13.5. The Morgan fingerprint density at radius 1 is 1.12 bits per heavy atom. The third-order valence-electron chi connectivity index (χ3n) is 5.44. The van der Waals surface area contributed by atoms with Crippen LogP contribution in [0.25, 0.3) is 22.4 Å². The average Bonchev–Trinajstić information content (AvgIpc) is 3.46. The van der Waals surface area contributed by atoms with E-state index in [-0.39, 0.29) is 5.91 Å². The van der Waals surface area contributed by atoms with Crippen LogP contribution in [0.3, 0.4) is 0 Å². The predicted octanol–water partition coefficient (Wildman–Crippen LogP) is 3.08. The lowest BCUT2D eigenvalue weighted by Crippen LogP contribution is -2.41.